The van der Waals surface area contributed by atoms with Crippen molar-refractivity contribution in [2.45, 2.75) is 211 Å². The Bertz CT molecular complexity index is 828. The molecule has 2 aliphatic heterocycles. The average molecular weight is 605 g/mol. The highest BCUT2D eigenvalue weighted by Crippen LogP contribution is 2.51. The number of hydrogen-bond donors (Lipinski definition) is 2. The summed E-state index contributed by atoms with van der Waals surface area (Å²) in [4.78, 5) is 27.0. The lowest BCUT2D eigenvalue weighted by molar-refractivity contribution is -0.191. The van der Waals surface area contributed by atoms with Gasteiger partial charge in [0, 0.05) is 29.8 Å². The third-order valence-electron chi connectivity index (χ3n) is 10.5. The summed E-state index contributed by atoms with van der Waals surface area (Å²) in [6, 6.07) is 0. The van der Waals surface area contributed by atoms with Crippen LogP contribution in [0, 0.1) is 5.92 Å². The van der Waals surface area contributed by atoms with Crippen LogP contribution < -0.4 is 10.6 Å². The van der Waals surface area contributed by atoms with Crippen LogP contribution in [0.3, 0.4) is 0 Å². The lowest BCUT2D eigenvalue weighted by Gasteiger charge is -2.56. The minimum atomic E-state index is -0.938. The van der Waals surface area contributed by atoms with Crippen molar-refractivity contribution in [3.63, 3.8) is 0 Å². The number of amides is 1. The summed E-state index contributed by atoms with van der Waals surface area (Å²) in [7, 11) is 0. The fourth-order valence-corrected chi connectivity index (χ4v) is 8.56. The molecule has 0 aromatic heterocycles. The van der Waals surface area contributed by atoms with E-state index in [1.165, 1.54) is 96.3 Å². The molecule has 2 heterocycles. The van der Waals surface area contributed by atoms with Gasteiger partial charge in [0.05, 0.1) is 6.61 Å². The van der Waals surface area contributed by atoms with Gasteiger partial charge in [-0.25, -0.2) is 0 Å². The number of nitrogens with one attached hydrogen (secondary N) is 2. The highest BCUT2D eigenvalue weighted by atomic mass is 16.6. The Kier molecular flexibility index (Phi) is 14.8. The van der Waals surface area contributed by atoms with Gasteiger partial charge in [-0.05, 0) is 66.2 Å². The van der Waals surface area contributed by atoms with Gasteiger partial charge in [-0.15, -0.1) is 0 Å². The van der Waals surface area contributed by atoms with Crippen molar-refractivity contribution in [1.29, 1.82) is 0 Å². The number of carbonyl (C=O) groups is 2. The molecule has 250 valence electrons. The van der Waals surface area contributed by atoms with Gasteiger partial charge in [-0.2, -0.15) is 0 Å². The summed E-state index contributed by atoms with van der Waals surface area (Å²) < 4.78 is 12.8. The van der Waals surface area contributed by atoms with Gasteiger partial charge >= 0.3 is 5.97 Å². The van der Waals surface area contributed by atoms with Gasteiger partial charge in [0.2, 0.25) is 0 Å². The lowest BCUT2D eigenvalue weighted by Crippen LogP contribution is -2.71. The van der Waals surface area contributed by atoms with Gasteiger partial charge in [-0.1, -0.05) is 110 Å². The molecular formula is C37H68N2O4. The minimum absolute atomic E-state index is 0.0333. The van der Waals surface area contributed by atoms with Crippen molar-refractivity contribution in [2.24, 2.45) is 5.92 Å². The third-order valence-corrected chi connectivity index (χ3v) is 10.5. The fourth-order valence-electron chi connectivity index (χ4n) is 8.56. The first-order chi connectivity index (χ1) is 20.5. The monoisotopic (exact) mass is 605 g/mol. The van der Waals surface area contributed by atoms with Crippen molar-refractivity contribution in [1.82, 2.24) is 10.6 Å². The molecular weight excluding hydrogens is 536 g/mol. The highest BCUT2D eigenvalue weighted by Gasteiger charge is 2.65. The molecule has 1 amide bonds. The molecule has 3 aliphatic rings. The zero-order valence-electron chi connectivity index (χ0n) is 28.9. The van der Waals surface area contributed by atoms with Gasteiger partial charge in [0.1, 0.15) is 5.72 Å². The van der Waals surface area contributed by atoms with E-state index in [2.05, 4.69) is 45.3 Å². The van der Waals surface area contributed by atoms with E-state index in [0.29, 0.717) is 25.9 Å². The highest BCUT2D eigenvalue weighted by molar-refractivity contribution is 5.89. The fraction of sp³-hybridized carbons (Fsp3) is 0.946. The van der Waals surface area contributed by atoms with Gasteiger partial charge < -0.3 is 20.1 Å². The van der Waals surface area contributed by atoms with E-state index in [0.717, 1.165) is 38.5 Å². The summed E-state index contributed by atoms with van der Waals surface area (Å²) in [5.74, 6) is -0.240. The SMILES string of the molecule is CCCCCCCCCCCCOC(=O)CCC1C(C)(C)NC(C)(C)CC12OC1(CCCCCCCCCCC1)NC2=O. The van der Waals surface area contributed by atoms with E-state index in [1.807, 2.05) is 0 Å². The molecule has 2 spiro atoms. The molecule has 3 rings (SSSR count). The molecule has 0 bridgehead atoms. The topological polar surface area (TPSA) is 76.7 Å². The average Bonchev–Trinajstić information content (AvgIpc) is 3.18. The van der Waals surface area contributed by atoms with Crippen LogP contribution >= 0.6 is 0 Å². The van der Waals surface area contributed by atoms with Crippen LogP contribution in [0.1, 0.15) is 189 Å². The Morgan fingerprint density at radius 3 is 1.86 bits per heavy atom. The Hall–Kier alpha value is -1.14. The van der Waals surface area contributed by atoms with Gasteiger partial charge in [0.25, 0.3) is 5.91 Å². The van der Waals surface area contributed by atoms with E-state index in [9.17, 15) is 9.59 Å². The standard InChI is InChI=1S/C37H68N2O4/c1-6-7-8-9-10-11-15-18-21-24-29-42-32(40)26-25-31-35(4,5)39-34(2,3)30-37(31)33(41)38-36(43-37)27-22-19-16-13-12-14-17-20-23-28-36/h31,39H,6-30H2,1-5H3,(H,38,41). The second kappa shape index (κ2) is 17.5. The van der Waals surface area contributed by atoms with E-state index in [1.54, 1.807) is 0 Å². The van der Waals surface area contributed by atoms with Crippen molar-refractivity contribution in [3.05, 3.63) is 0 Å². The molecule has 3 fully saturated rings. The maximum atomic E-state index is 14.1. The van der Waals surface area contributed by atoms with Crippen LogP contribution in [0.4, 0.5) is 0 Å². The van der Waals surface area contributed by atoms with Crippen molar-refractivity contribution in [3.8, 4) is 0 Å². The molecule has 0 aromatic rings. The molecule has 0 radical (unpaired) electrons. The number of unbranched alkanes of at least 4 members (excludes halogenated alkanes) is 9. The van der Waals surface area contributed by atoms with E-state index in [4.69, 9.17) is 9.47 Å². The first kappa shape index (κ1) is 36.3. The third kappa shape index (κ3) is 11.3. The molecule has 1 saturated carbocycles. The molecule has 2 N–H and O–H groups in total. The number of rotatable bonds is 14. The van der Waals surface area contributed by atoms with Crippen LogP contribution in [-0.2, 0) is 19.1 Å². The smallest absolute Gasteiger partial charge is 0.305 e. The van der Waals surface area contributed by atoms with E-state index in [-0.39, 0.29) is 28.9 Å². The molecule has 1 aliphatic carbocycles. The summed E-state index contributed by atoms with van der Waals surface area (Å²) in [6.07, 6.45) is 27.0. The Balaban J connectivity index is 1.55. The first-order valence-electron chi connectivity index (χ1n) is 18.5. The van der Waals surface area contributed by atoms with E-state index >= 15 is 0 Å². The van der Waals surface area contributed by atoms with Crippen molar-refractivity contribution in [2.75, 3.05) is 6.61 Å². The first-order valence-corrected chi connectivity index (χ1v) is 18.5. The quantitative estimate of drug-likeness (QED) is 0.153. The summed E-state index contributed by atoms with van der Waals surface area (Å²) in [5, 5.41) is 7.25. The van der Waals surface area contributed by atoms with Crippen molar-refractivity contribution >= 4 is 11.9 Å². The zero-order chi connectivity index (χ0) is 31.2. The van der Waals surface area contributed by atoms with Gasteiger partial charge in [0.15, 0.2) is 5.60 Å². The largest absolute Gasteiger partial charge is 0.466 e. The Morgan fingerprint density at radius 2 is 1.30 bits per heavy atom. The van der Waals surface area contributed by atoms with Crippen molar-refractivity contribution < 1.29 is 19.1 Å². The Morgan fingerprint density at radius 1 is 0.791 bits per heavy atom. The number of carbonyl (C=O) groups excluding carboxylic acids is 2. The molecule has 6 heteroatoms. The minimum Gasteiger partial charge on any atom is -0.466 e. The van der Waals surface area contributed by atoms with Gasteiger partial charge in [-0.3, -0.25) is 9.59 Å². The maximum absolute atomic E-state index is 14.1. The van der Waals surface area contributed by atoms with Crippen LogP contribution in [0.5, 0.6) is 0 Å². The molecule has 2 atom stereocenters. The number of esters is 1. The second-order valence-electron chi connectivity index (χ2n) is 15.5. The van der Waals surface area contributed by atoms with Crippen LogP contribution in [0.25, 0.3) is 0 Å². The number of ether oxygens (including phenoxy) is 2. The van der Waals surface area contributed by atoms with Crippen LogP contribution in [-0.4, -0.2) is 40.9 Å². The maximum Gasteiger partial charge on any atom is 0.305 e. The van der Waals surface area contributed by atoms with Crippen LogP contribution in [0.2, 0.25) is 0 Å². The zero-order valence-corrected chi connectivity index (χ0v) is 28.9. The number of hydrogen-bond acceptors (Lipinski definition) is 5. The molecule has 43 heavy (non-hydrogen) atoms. The second-order valence-corrected chi connectivity index (χ2v) is 15.5. The molecule has 0 aromatic carbocycles. The Labute approximate surface area is 265 Å². The summed E-state index contributed by atoms with van der Waals surface area (Å²) >= 11 is 0. The number of piperidine rings is 1. The van der Waals surface area contributed by atoms with Crippen LogP contribution in [0.15, 0.2) is 0 Å². The molecule has 2 unspecified atom stereocenters. The summed E-state index contributed by atoms with van der Waals surface area (Å²) in [5.41, 5.74) is -2.16. The molecule has 2 saturated heterocycles. The summed E-state index contributed by atoms with van der Waals surface area (Å²) in [6.45, 7) is 11.5. The predicted octanol–water partition coefficient (Wildman–Crippen LogP) is 9.28. The lowest BCUT2D eigenvalue weighted by atomic mass is 9.63. The normalized spacial score (nSPS) is 27.4. The molecule has 6 nitrogen and oxygen atoms in total. The van der Waals surface area contributed by atoms with E-state index < -0.39 is 11.3 Å². The predicted molar refractivity (Wildman–Crippen MR) is 177 cm³/mol.